The molecule has 0 aliphatic carbocycles. The fraction of sp³-hybridized carbons (Fsp3) is 0.257. The first-order valence-corrected chi connectivity index (χ1v) is 16.0. The van der Waals surface area contributed by atoms with Crippen LogP contribution in [0.5, 0.6) is 0 Å². The summed E-state index contributed by atoms with van der Waals surface area (Å²) in [7, 11) is -4.12. The molecule has 1 N–H and O–H groups in total. The lowest BCUT2D eigenvalue weighted by molar-refractivity contribution is -0.140. The number of likely N-dealkylation sites (N-methyl/N-ethyl adjacent to an activating group) is 1. The smallest absolute Gasteiger partial charge is 0.264 e. The Morgan fingerprint density at radius 3 is 1.81 bits per heavy atom. The summed E-state index contributed by atoms with van der Waals surface area (Å²) in [6.45, 7) is 6.01. The quantitative estimate of drug-likeness (QED) is 0.212. The molecule has 4 rings (SSSR count). The van der Waals surface area contributed by atoms with E-state index in [0.29, 0.717) is 12.2 Å². The molecule has 0 radical (unpaired) electrons. The van der Waals surface area contributed by atoms with Crippen LogP contribution in [0.4, 0.5) is 5.69 Å². The second kappa shape index (κ2) is 14.6. The van der Waals surface area contributed by atoms with Crippen LogP contribution < -0.4 is 9.62 Å². The summed E-state index contributed by atoms with van der Waals surface area (Å²) in [5.74, 6) is -0.523. The normalized spacial score (nSPS) is 12.0. The minimum Gasteiger partial charge on any atom is -0.355 e. The monoisotopic (exact) mass is 597 g/mol. The van der Waals surface area contributed by atoms with Crippen molar-refractivity contribution in [3.05, 3.63) is 132 Å². The van der Waals surface area contributed by atoms with Gasteiger partial charge in [-0.25, -0.2) is 8.42 Å². The van der Waals surface area contributed by atoms with E-state index in [2.05, 4.69) is 19.2 Å². The number of nitrogens with one attached hydrogen (secondary N) is 1. The molecular weight excluding hydrogens is 558 g/mol. The van der Waals surface area contributed by atoms with Gasteiger partial charge in [-0.2, -0.15) is 0 Å². The molecule has 0 aliphatic rings. The van der Waals surface area contributed by atoms with Gasteiger partial charge >= 0.3 is 0 Å². The van der Waals surface area contributed by atoms with E-state index < -0.39 is 28.5 Å². The highest BCUT2D eigenvalue weighted by Crippen LogP contribution is 2.27. The third kappa shape index (κ3) is 8.11. The van der Waals surface area contributed by atoms with Gasteiger partial charge in [-0.05, 0) is 53.8 Å². The molecule has 0 bridgehead atoms. The van der Waals surface area contributed by atoms with Crippen LogP contribution in [0.3, 0.4) is 0 Å². The number of anilines is 1. The summed E-state index contributed by atoms with van der Waals surface area (Å²) in [6.07, 6.45) is 0.278. The third-order valence-electron chi connectivity index (χ3n) is 7.28. The molecule has 0 fully saturated rings. The highest BCUT2D eigenvalue weighted by atomic mass is 32.2. The molecule has 0 saturated carbocycles. The summed E-state index contributed by atoms with van der Waals surface area (Å²) in [4.78, 5) is 29.5. The van der Waals surface area contributed by atoms with E-state index in [0.717, 1.165) is 21.0 Å². The van der Waals surface area contributed by atoms with E-state index >= 15 is 0 Å². The average Bonchev–Trinajstić information content (AvgIpc) is 3.03. The van der Waals surface area contributed by atoms with Crippen molar-refractivity contribution in [2.45, 2.75) is 50.6 Å². The van der Waals surface area contributed by atoms with Gasteiger partial charge in [0.15, 0.2) is 0 Å². The molecule has 4 aromatic carbocycles. The van der Waals surface area contributed by atoms with E-state index in [-0.39, 0.29) is 29.7 Å². The average molecular weight is 598 g/mol. The molecule has 0 saturated heterocycles. The molecular formula is C35H39N3O4S. The number of sulfonamides is 1. The van der Waals surface area contributed by atoms with Crippen LogP contribution in [-0.2, 0) is 32.6 Å². The Balaban J connectivity index is 1.78. The Labute approximate surface area is 255 Å². The topological polar surface area (TPSA) is 86.8 Å². The number of nitrogens with zero attached hydrogens (tertiary/aromatic N) is 2. The van der Waals surface area contributed by atoms with Gasteiger partial charge in [0.25, 0.3) is 10.0 Å². The van der Waals surface area contributed by atoms with Crippen molar-refractivity contribution in [3.63, 3.8) is 0 Å². The van der Waals surface area contributed by atoms with Crippen molar-refractivity contribution in [2.24, 2.45) is 0 Å². The van der Waals surface area contributed by atoms with Crippen LogP contribution in [0, 0.1) is 0 Å². The second-order valence-electron chi connectivity index (χ2n) is 10.7. The molecule has 2 amide bonds. The summed E-state index contributed by atoms with van der Waals surface area (Å²) in [5.41, 5.74) is 3.15. The molecule has 43 heavy (non-hydrogen) atoms. The molecule has 0 aliphatic heterocycles. The standard InChI is InChI=1S/C35H39N3O4S/c1-4-36-35(40)33(24-28-14-8-5-9-15-28)37(25-29-16-10-6-11-17-29)34(39)26-38(31-22-20-30(21-23-31)27(2)3)43(41,42)32-18-12-7-13-19-32/h5-23,27,33H,4,24-26H2,1-3H3,(H,36,40). The van der Waals surface area contributed by atoms with Crippen molar-refractivity contribution in [1.29, 1.82) is 0 Å². The third-order valence-corrected chi connectivity index (χ3v) is 9.06. The summed E-state index contributed by atoms with van der Waals surface area (Å²) in [6, 6.07) is 33.4. The lowest BCUT2D eigenvalue weighted by Crippen LogP contribution is -2.53. The number of amides is 2. The molecule has 1 atom stereocenters. The number of carbonyl (C=O) groups is 2. The number of benzene rings is 4. The number of hydrogen-bond donors (Lipinski definition) is 1. The lowest BCUT2D eigenvalue weighted by Gasteiger charge is -2.34. The summed E-state index contributed by atoms with van der Waals surface area (Å²) < 4.78 is 29.2. The Morgan fingerprint density at radius 1 is 0.744 bits per heavy atom. The lowest BCUT2D eigenvalue weighted by atomic mass is 10.0. The van der Waals surface area contributed by atoms with Crippen molar-refractivity contribution in [3.8, 4) is 0 Å². The predicted molar refractivity (Wildman–Crippen MR) is 171 cm³/mol. The van der Waals surface area contributed by atoms with Crippen molar-refractivity contribution in [1.82, 2.24) is 10.2 Å². The zero-order valence-electron chi connectivity index (χ0n) is 24.9. The first-order chi connectivity index (χ1) is 20.7. The van der Waals surface area contributed by atoms with E-state index in [9.17, 15) is 18.0 Å². The first kappa shape index (κ1) is 31.5. The van der Waals surface area contributed by atoms with Crippen LogP contribution >= 0.6 is 0 Å². The zero-order valence-corrected chi connectivity index (χ0v) is 25.7. The molecule has 224 valence electrons. The Morgan fingerprint density at radius 2 is 1.28 bits per heavy atom. The summed E-state index contributed by atoms with van der Waals surface area (Å²) in [5, 5.41) is 2.88. The van der Waals surface area contributed by atoms with Gasteiger partial charge in [-0.1, -0.05) is 105 Å². The van der Waals surface area contributed by atoms with E-state index in [1.54, 1.807) is 30.3 Å². The molecule has 4 aromatic rings. The fourth-order valence-corrected chi connectivity index (χ4v) is 6.34. The molecule has 0 heterocycles. The maximum atomic E-state index is 14.4. The van der Waals surface area contributed by atoms with Crippen molar-refractivity contribution >= 4 is 27.5 Å². The fourth-order valence-electron chi connectivity index (χ4n) is 4.90. The van der Waals surface area contributed by atoms with Gasteiger partial charge in [0.1, 0.15) is 12.6 Å². The maximum Gasteiger partial charge on any atom is 0.264 e. The predicted octanol–water partition coefficient (Wildman–Crippen LogP) is 5.78. The molecule has 7 nitrogen and oxygen atoms in total. The molecule has 1 unspecified atom stereocenters. The second-order valence-corrected chi connectivity index (χ2v) is 12.5. The van der Waals surface area contributed by atoms with Gasteiger partial charge in [-0.3, -0.25) is 13.9 Å². The Kier molecular flexibility index (Phi) is 10.7. The van der Waals surface area contributed by atoms with Crippen LogP contribution in [0.2, 0.25) is 0 Å². The van der Waals surface area contributed by atoms with Gasteiger partial charge in [-0.15, -0.1) is 0 Å². The van der Waals surface area contributed by atoms with Gasteiger partial charge in [0, 0.05) is 19.5 Å². The molecule has 0 aromatic heterocycles. The van der Waals surface area contributed by atoms with Gasteiger partial charge < -0.3 is 10.2 Å². The van der Waals surface area contributed by atoms with E-state index in [1.807, 2.05) is 79.7 Å². The SMILES string of the molecule is CCNC(=O)C(Cc1ccccc1)N(Cc1ccccc1)C(=O)CN(c1ccc(C(C)C)cc1)S(=O)(=O)c1ccccc1. The number of rotatable bonds is 13. The summed E-state index contributed by atoms with van der Waals surface area (Å²) >= 11 is 0. The van der Waals surface area contributed by atoms with Crippen molar-refractivity contribution < 1.29 is 18.0 Å². The van der Waals surface area contributed by atoms with Crippen LogP contribution in [-0.4, -0.2) is 44.3 Å². The minimum atomic E-state index is -4.12. The minimum absolute atomic E-state index is 0.0786. The zero-order chi connectivity index (χ0) is 30.8. The molecule has 8 heteroatoms. The first-order valence-electron chi connectivity index (χ1n) is 14.5. The Hall–Kier alpha value is -4.43. The van der Waals surface area contributed by atoms with Crippen LogP contribution in [0.15, 0.2) is 120 Å². The molecule has 0 spiro atoms. The largest absolute Gasteiger partial charge is 0.355 e. The van der Waals surface area contributed by atoms with Gasteiger partial charge in [0.05, 0.1) is 10.6 Å². The van der Waals surface area contributed by atoms with E-state index in [4.69, 9.17) is 0 Å². The van der Waals surface area contributed by atoms with Gasteiger partial charge in [0.2, 0.25) is 11.8 Å². The highest BCUT2D eigenvalue weighted by molar-refractivity contribution is 7.92. The highest BCUT2D eigenvalue weighted by Gasteiger charge is 2.34. The maximum absolute atomic E-state index is 14.4. The van der Waals surface area contributed by atoms with Crippen LogP contribution in [0.1, 0.15) is 43.4 Å². The van der Waals surface area contributed by atoms with Crippen LogP contribution in [0.25, 0.3) is 0 Å². The number of hydrogen-bond acceptors (Lipinski definition) is 4. The van der Waals surface area contributed by atoms with Crippen molar-refractivity contribution in [2.75, 3.05) is 17.4 Å². The number of carbonyl (C=O) groups excluding carboxylic acids is 2. The van der Waals surface area contributed by atoms with E-state index in [1.165, 1.54) is 17.0 Å². The Bertz CT molecular complexity index is 1580.